The van der Waals surface area contributed by atoms with Crippen LogP contribution in [-0.2, 0) is 4.79 Å². The summed E-state index contributed by atoms with van der Waals surface area (Å²) in [5, 5.41) is 0.290. The Hall–Kier alpha value is -0.240. The van der Waals surface area contributed by atoms with Gasteiger partial charge in [-0.1, -0.05) is 31.7 Å². The summed E-state index contributed by atoms with van der Waals surface area (Å²) >= 11 is 1.40. The maximum Gasteiger partial charge on any atom is 0.197 e. The number of allylic oxidation sites excluding steroid dienone is 2. The molecule has 0 unspecified atom stereocenters. The van der Waals surface area contributed by atoms with Gasteiger partial charge in [0.2, 0.25) is 0 Å². The predicted octanol–water partition coefficient (Wildman–Crippen LogP) is 2.19. The molecule has 0 saturated carbocycles. The first kappa shape index (κ1) is 6.87. The van der Waals surface area contributed by atoms with Crippen LogP contribution in [0.1, 0.15) is 20.3 Å². The van der Waals surface area contributed by atoms with E-state index in [9.17, 15) is 4.79 Å². The SMILES string of the molecule is CC(C)C1=CCC(=O)S1. The highest BCUT2D eigenvalue weighted by Gasteiger charge is 2.15. The van der Waals surface area contributed by atoms with Gasteiger partial charge in [-0.05, 0) is 10.8 Å². The molecule has 0 aromatic carbocycles. The lowest BCUT2D eigenvalue weighted by Gasteiger charge is -2.00. The molecule has 9 heavy (non-hydrogen) atoms. The molecule has 0 atom stereocenters. The molecular formula is C7H10OS. The Bertz CT molecular complexity index is 158. The zero-order valence-corrected chi connectivity index (χ0v) is 6.49. The lowest BCUT2D eigenvalue weighted by Crippen LogP contribution is -1.86. The van der Waals surface area contributed by atoms with Crippen molar-refractivity contribution in [1.29, 1.82) is 0 Å². The highest BCUT2D eigenvalue weighted by atomic mass is 32.2. The quantitative estimate of drug-likeness (QED) is 0.558. The average Bonchev–Trinajstić information content (AvgIpc) is 2.14. The van der Waals surface area contributed by atoms with Gasteiger partial charge in [0.1, 0.15) is 0 Å². The first-order valence-corrected chi connectivity index (χ1v) is 3.92. The third-order valence-electron chi connectivity index (χ3n) is 1.27. The van der Waals surface area contributed by atoms with Crippen molar-refractivity contribution in [2.45, 2.75) is 20.3 Å². The Morgan fingerprint density at radius 3 is 2.56 bits per heavy atom. The molecule has 2 heteroatoms. The molecular weight excluding hydrogens is 132 g/mol. The first-order valence-electron chi connectivity index (χ1n) is 3.11. The molecule has 0 fully saturated rings. The van der Waals surface area contributed by atoms with Gasteiger partial charge in [0, 0.05) is 6.42 Å². The molecule has 1 aliphatic rings. The molecule has 1 rings (SSSR count). The molecule has 1 nitrogen and oxygen atoms in total. The average molecular weight is 142 g/mol. The van der Waals surface area contributed by atoms with Gasteiger partial charge in [-0.25, -0.2) is 0 Å². The fourth-order valence-corrected chi connectivity index (χ4v) is 1.58. The van der Waals surface area contributed by atoms with E-state index in [-0.39, 0.29) is 0 Å². The largest absolute Gasteiger partial charge is 0.287 e. The van der Waals surface area contributed by atoms with Crippen LogP contribution in [-0.4, -0.2) is 5.12 Å². The number of hydrogen-bond donors (Lipinski definition) is 0. The van der Waals surface area contributed by atoms with E-state index in [0.29, 0.717) is 17.5 Å². The van der Waals surface area contributed by atoms with Crippen LogP contribution in [0, 0.1) is 5.92 Å². The fraction of sp³-hybridized carbons (Fsp3) is 0.571. The molecule has 0 aromatic rings. The van der Waals surface area contributed by atoms with Crippen LogP contribution in [0.5, 0.6) is 0 Å². The number of carbonyl (C=O) groups is 1. The Morgan fingerprint density at radius 2 is 2.33 bits per heavy atom. The van der Waals surface area contributed by atoms with Crippen LogP contribution in [0.2, 0.25) is 0 Å². The standard InChI is InChI=1S/C7H10OS/c1-5(2)6-3-4-7(8)9-6/h3,5H,4H2,1-2H3. The summed E-state index contributed by atoms with van der Waals surface area (Å²) in [6.45, 7) is 4.22. The zero-order chi connectivity index (χ0) is 6.85. The van der Waals surface area contributed by atoms with Gasteiger partial charge >= 0.3 is 0 Å². The number of hydrogen-bond acceptors (Lipinski definition) is 2. The van der Waals surface area contributed by atoms with E-state index >= 15 is 0 Å². The van der Waals surface area contributed by atoms with Crippen molar-refractivity contribution in [1.82, 2.24) is 0 Å². The van der Waals surface area contributed by atoms with Crippen molar-refractivity contribution in [2.75, 3.05) is 0 Å². The molecule has 0 N–H and O–H groups in total. The van der Waals surface area contributed by atoms with Gasteiger partial charge < -0.3 is 0 Å². The van der Waals surface area contributed by atoms with E-state index in [4.69, 9.17) is 0 Å². The Kier molecular flexibility index (Phi) is 1.96. The second kappa shape index (κ2) is 2.56. The number of rotatable bonds is 1. The molecule has 1 aliphatic heterocycles. The summed E-state index contributed by atoms with van der Waals surface area (Å²) in [4.78, 5) is 11.9. The molecule has 0 amide bonds. The van der Waals surface area contributed by atoms with E-state index < -0.39 is 0 Å². The highest BCUT2D eigenvalue weighted by molar-refractivity contribution is 8.17. The van der Waals surface area contributed by atoms with Crippen LogP contribution in [0.15, 0.2) is 11.0 Å². The van der Waals surface area contributed by atoms with Gasteiger partial charge in [-0.15, -0.1) is 0 Å². The zero-order valence-electron chi connectivity index (χ0n) is 5.68. The van der Waals surface area contributed by atoms with Gasteiger partial charge in [0.15, 0.2) is 5.12 Å². The third-order valence-corrected chi connectivity index (χ3v) is 2.54. The summed E-state index contributed by atoms with van der Waals surface area (Å²) in [6, 6.07) is 0. The summed E-state index contributed by atoms with van der Waals surface area (Å²) in [5.74, 6) is 0.529. The van der Waals surface area contributed by atoms with Crippen LogP contribution in [0.3, 0.4) is 0 Å². The first-order chi connectivity index (χ1) is 4.20. The van der Waals surface area contributed by atoms with E-state index in [1.807, 2.05) is 6.08 Å². The normalized spacial score (nSPS) is 19.0. The smallest absolute Gasteiger partial charge is 0.197 e. The van der Waals surface area contributed by atoms with Gasteiger partial charge in [-0.2, -0.15) is 0 Å². The Morgan fingerprint density at radius 1 is 1.67 bits per heavy atom. The lowest BCUT2D eigenvalue weighted by molar-refractivity contribution is -0.110. The minimum atomic E-state index is 0.290. The van der Waals surface area contributed by atoms with E-state index in [1.165, 1.54) is 16.7 Å². The predicted molar refractivity (Wildman–Crippen MR) is 40.1 cm³/mol. The van der Waals surface area contributed by atoms with Crippen molar-refractivity contribution in [3.05, 3.63) is 11.0 Å². The van der Waals surface area contributed by atoms with Crippen molar-refractivity contribution in [2.24, 2.45) is 5.92 Å². The summed E-state index contributed by atoms with van der Waals surface area (Å²) in [7, 11) is 0. The van der Waals surface area contributed by atoms with E-state index in [1.54, 1.807) is 0 Å². The monoisotopic (exact) mass is 142 g/mol. The molecule has 0 aromatic heterocycles. The van der Waals surface area contributed by atoms with Crippen molar-refractivity contribution >= 4 is 16.9 Å². The highest BCUT2D eigenvalue weighted by Crippen LogP contribution is 2.31. The van der Waals surface area contributed by atoms with Crippen molar-refractivity contribution in [3.8, 4) is 0 Å². The van der Waals surface area contributed by atoms with Crippen LogP contribution in [0.4, 0.5) is 0 Å². The Labute approximate surface area is 59.5 Å². The van der Waals surface area contributed by atoms with Gasteiger partial charge in [0.05, 0.1) is 0 Å². The van der Waals surface area contributed by atoms with E-state index in [0.717, 1.165) is 0 Å². The molecule has 0 aliphatic carbocycles. The topological polar surface area (TPSA) is 17.1 Å². The second-order valence-corrected chi connectivity index (χ2v) is 3.57. The molecule has 0 spiro atoms. The Balaban J connectivity index is 2.55. The third kappa shape index (κ3) is 1.58. The van der Waals surface area contributed by atoms with Crippen molar-refractivity contribution < 1.29 is 4.79 Å². The van der Waals surface area contributed by atoms with E-state index in [2.05, 4.69) is 13.8 Å². The summed E-state index contributed by atoms with van der Waals surface area (Å²) in [6.07, 6.45) is 2.66. The molecule has 0 saturated heterocycles. The minimum absolute atomic E-state index is 0.290. The molecule has 0 bridgehead atoms. The molecule has 1 heterocycles. The molecule has 0 radical (unpaired) electrons. The summed E-state index contributed by atoms with van der Waals surface area (Å²) in [5.41, 5.74) is 0. The number of thioether (sulfide) groups is 1. The minimum Gasteiger partial charge on any atom is -0.287 e. The van der Waals surface area contributed by atoms with Gasteiger partial charge in [-0.3, -0.25) is 4.79 Å². The summed E-state index contributed by atoms with van der Waals surface area (Å²) < 4.78 is 0. The van der Waals surface area contributed by atoms with Gasteiger partial charge in [0.25, 0.3) is 0 Å². The lowest BCUT2D eigenvalue weighted by atomic mass is 10.2. The van der Waals surface area contributed by atoms with Crippen LogP contribution in [0.25, 0.3) is 0 Å². The second-order valence-electron chi connectivity index (χ2n) is 2.44. The van der Waals surface area contributed by atoms with Crippen molar-refractivity contribution in [3.63, 3.8) is 0 Å². The maximum atomic E-state index is 10.7. The van der Waals surface area contributed by atoms with Crippen LogP contribution >= 0.6 is 11.8 Å². The molecule has 50 valence electrons. The van der Waals surface area contributed by atoms with Crippen LogP contribution < -0.4 is 0 Å². The maximum absolute atomic E-state index is 10.7. The number of carbonyl (C=O) groups excluding carboxylic acids is 1. The fourth-order valence-electron chi connectivity index (χ4n) is 0.752.